The summed E-state index contributed by atoms with van der Waals surface area (Å²) in [5, 5.41) is 2.56. The highest BCUT2D eigenvalue weighted by Crippen LogP contribution is 2.30. The summed E-state index contributed by atoms with van der Waals surface area (Å²) in [6.07, 6.45) is 0.914. The highest BCUT2D eigenvalue weighted by Gasteiger charge is 2.30. The van der Waals surface area contributed by atoms with Gasteiger partial charge in [-0.3, -0.25) is 9.10 Å². The van der Waals surface area contributed by atoms with E-state index in [1.807, 2.05) is 0 Å². The maximum Gasteiger partial charge on any atom is 0.248 e. The quantitative estimate of drug-likeness (QED) is 0.789. The zero-order valence-electron chi connectivity index (χ0n) is 13.6. The van der Waals surface area contributed by atoms with Crippen LogP contribution in [-0.2, 0) is 14.8 Å². The van der Waals surface area contributed by atoms with Gasteiger partial charge in [0.1, 0.15) is 17.7 Å². The number of rotatable bonds is 5. The van der Waals surface area contributed by atoms with E-state index in [0.29, 0.717) is 6.07 Å². The molecule has 0 aliphatic carbocycles. The summed E-state index contributed by atoms with van der Waals surface area (Å²) in [4.78, 5) is 12.4. The van der Waals surface area contributed by atoms with Gasteiger partial charge in [-0.25, -0.2) is 17.2 Å². The Balaban J connectivity index is 2.35. The van der Waals surface area contributed by atoms with Gasteiger partial charge in [-0.05, 0) is 37.3 Å². The average Bonchev–Trinajstić information content (AvgIpc) is 2.52. The molecule has 0 bridgehead atoms. The number of hydrogen-bond acceptors (Lipinski definition) is 3. The Bertz CT molecular complexity index is 955. The molecular weight excluding hydrogens is 409 g/mol. The summed E-state index contributed by atoms with van der Waals surface area (Å²) in [5.41, 5.74) is -0.157. The van der Waals surface area contributed by atoms with Crippen molar-refractivity contribution in [2.45, 2.75) is 13.0 Å². The minimum atomic E-state index is -3.88. The zero-order chi connectivity index (χ0) is 19.6. The molecule has 140 valence electrons. The molecular formula is C16H14Cl2F2N2O3S. The number of carbonyl (C=O) groups excluding carboxylic acids is 1. The molecule has 0 spiro atoms. The van der Waals surface area contributed by atoms with Crippen LogP contribution in [0.15, 0.2) is 36.4 Å². The van der Waals surface area contributed by atoms with Gasteiger partial charge in [0.15, 0.2) is 0 Å². The number of nitrogens with one attached hydrogen (secondary N) is 1. The minimum Gasteiger partial charge on any atom is -0.322 e. The molecule has 1 N–H and O–H groups in total. The first-order valence-electron chi connectivity index (χ1n) is 7.21. The molecule has 0 saturated carbocycles. The van der Waals surface area contributed by atoms with Crippen LogP contribution in [0.25, 0.3) is 0 Å². The van der Waals surface area contributed by atoms with Crippen LogP contribution < -0.4 is 9.62 Å². The first-order chi connectivity index (χ1) is 12.0. The van der Waals surface area contributed by atoms with E-state index in [0.717, 1.165) is 22.7 Å². The van der Waals surface area contributed by atoms with Crippen LogP contribution in [0.3, 0.4) is 0 Å². The second-order valence-corrected chi connectivity index (χ2v) is 8.12. The van der Waals surface area contributed by atoms with Crippen LogP contribution in [0.5, 0.6) is 0 Å². The summed E-state index contributed by atoms with van der Waals surface area (Å²) >= 11 is 11.7. The average molecular weight is 423 g/mol. The molecule has 5 nitrogen and oxygen atoms in total. The molecule has 0 saturated heterocycles. The Morgan fingerprint density at radius 3 is 2.31 bits per heavy atom. The highest BCUT2D eigenvalue weighted by molar-refractivity contribution is 7.92. The van der Waals surface area contributed by atoms with Crippen molar-refractivity contribution in [2.24, 2.45) is 0 Å². The predicted octanol–water partition coefficient (Wildman–Crippen LogP) is 4.06. The van der Waals surface area contributed by atoms with Crippen molar-refractivity contribution in [3.05, 3.63) is 58.1 Å². The molecule has 0 aliphatic heterocycles. The van der Waals surface area contributed by atoms with Gasteiger partial charge in [0.2, 0.25) is 15.9 Å². The molecule has 2 aromatic rings. The van der Waals surface area contributed by atoms with E-state index < -0.39 is 33.6 Å². The largest absolute Gasteiger partial charge is 0.322 e. The predicted molar refractivity (Wildman–Crippen MR) is 98.2 cm³/mol. The molecule has 2 rings (SSSR count). The molecule has 10 heteroatoms. The van der Waals surface area contributed by atoms with Crippen molar-refractivity contribution in [1.29, 1.82) is 0 Å². The van der Waals surface area contributed by atoms with Gasteiger partial charge in [-0.2, -0.15) is 0 Å². The SMILES string of the molecule is CC(C(=O)Nc1ccc(F)cc1F)N(c1ccc(Cl)c(Cl)c1)S(C)(=O)=O. The van der Waals surface area contributed by atoms with Gasteiger partial charge in [0, 0.05) is 6.07 Å². The van der Waals surface area contributed by atoms with Crippen LogP contribution >= 0.6 is 23.2 Å². The first kappa shape index (κ1) is 20.4. The fraction of sp³-hybridized carbons (Fsp3) is 0.188. The van der Waals surface area contributed by atoms with Crippen molar-refractivity contribution in [1.82, 2.24) is 0 Å². The lowest BCUT2D eigenvalue weighted by molar-refractivity contribution is -0.116. The molecule has 1 atom stereocenters. The number of anilines is 2. The second kappa shape index (κ2) is 7.77. The Labute approximate surface area is 159 Å². The van der Waals surface area contributed by atoms with Crippen LogP contribution in [-0.4, -0.2) is 26.6 Å². The van der Waals surface area contributed by atoms with Crippen molar-refractivity contribution in [3.8, 4) is 0 Å². The molecule has 0 aliphatic rings. The fourth-order valence-electron chi connectivity index (χ4n) is 2.26. The van der Waals surface area contributed by atoms with Gasteiger partial charge < -0.3 is 5.32 Å². The number of benzene rings is 2. The molecule has 1 unspecified atom stereocenters. The van der Waals surface area contributed by atoms with Gasteiger partial charge in [0.05, 0.1) is 27.7 Å². The molecule has 0 fully saturated rings. The topological polar surface area (TPSA) is 66.5 Å². The summed E-state index contributed by atoms with van der Waals surface area (Å²) in [6.45, 7) is 1.32. The van der Waals surface area contributed by atoms with E-state index in [2.05, 4.69) is 5.32 Å². The highest BCUT2D eigenvalue weighted by atomic mass is 35.5. The fourth-order valence-corrected chi connectivity index (χ4v) is 3.72. The number of hydrogen-bond donors (Lipinski definition) is 1. The summed E-state index contributed by atoms with van der Waals surface area (Å²) in [7, 11) is -3.88. The number of nitrogens with zero attached hydrogens (tertiary/aromatic N) is 1. The summed E-state index contributed by atoms with van der Waals surface area (Å²) in [5.74, 6) is -2.60. The second-order valence-electron chi connectivity index (χ2n) is 5.45. The third-order valence-corrected chi connectivity index (χ3v) is 5.42. The first-order valence-corrected chi connectivity index (χ1v) is 9.81. The van der Waals surface area contributed by atoms with Gasteiger partial charge in [-0.1, -0.05) is 23.2 Å². The van der Waals surface area contributed by atoms with Gasteiger partial charge in [0.25, 0.3) is 0 Å². The minimum absolute atomic E-state index is 0.106. The zero-order valence-corrected chi connectivity index (χ0v) is 16.0. The Morgan fingerprint density at radius 1 is 1.12 bits per heavy atom. The molecule has 0 radical (unpaired) electrons. The number of carbonyl (C=O) groups is 1. The van der Waals surface area contributed by atoms with E-state index in [4.69, 9.17) is 23.2 Å². The molecule has 2 aromatic carbocycles. The number of halogens is 4. The molecule has 26 heavy (non-hydrogen) atoms. The van der Waals surface area contributed by atoms with E-state index in [1.165, 1.54) is 25.1 Å². The van der Waals surface area contributed by atoms with Crippen LogP contribution in [0.4, 0.5) is 20.2 Å². The van der Waals surface area contributed by atoms with E-state index in [1.54, 1.807) is 0 Å². The lowest BCUT2D eigenvalue weighted by Gasteiger charge is -2.28. The van der Waals surface area contributed by atoms with Crippen LogP contribution in [0.1, 0.15) is 6.92 Å². The normalized spacial score (nSPS) is 12.5. The molecule has 1 amide bonds. The van der Waals surface area contributed by atoms with Crippen LogP contribution in [0.2, 0.25) is 10.0 Å². The standard InChI is InChI=1S/C16H14Cl2F2N2O3S/c1-9(16(23)21-15-6-3-10(19)7-14(15)20)22(26(2,24)25)11-4-5-12(17)13(18)8-11/h3-9H,1-2H3,(H,21,23). The Morgan fingerprint density at radius 2 is 1.77 bits per heavy atom. The Kier molecular flexibility index (Phi) is 6.10. The van der Waals surface area contributed by atoms with Crippen molar-refractivity contribution >= 4 is 50.5 Å². The monoisotopic (exact) mass is 422 g/mol. The van der Waals surface area contributed by atoms with E-state index >= 15 is 0 Å². The summed E-state index contributed by atoms with van der Waals surface area (Å²) < 4.78 is 51.9. The van der Waals surface area contributed by atoms with Crippen molar-refractivity contribution in [3.63, 3.8) is 0 Å². The van der Waals surface area contributed by atoms with Crippen molar-refractivity contribution < 1.29 is 22.0 Å². The van der Waals surface area contributed by atoms with E-state index in [-0.39, 0.29) is 21.4 Å². The lowest BCUT2D eigenvalue weighted by Crippen LogP contribution is -2.45. The van der Waals surface area contributed by atoms with Gasteiger partial charge in [-0.15, -0.1) is 0 Å². The van der Waals surface area contributed by atoms with Crippen molar-refractivity contribution in [2.75, 3.05) is 15.9 Å². The third kappa shape index (κ3) is 4.63. The molecule has 0 aromatic heterocycles. The Hall–Kier alpha value is -1.90. The van der Waals surface area contributed by atoms with Gasteiger partial charge >= 0.3 is 0 Å². The molecule has 0 heterocycles. The maximum atomic E-state index is 13.7. The number of amides is 1. The smallest absolute Gasteiger partial charge is 0.248 e. The lowest BCUT2D eigenvalue weighted by atomic mass is 10.2. The van der Waals surface area contributed by atoms with Crippen LogP contribution in [0, 0.1) is 11.6 Å². The maximum absolute atomic E-state index is 13.7. The number of sulfonamides is 1. The summed E-state index contributed by atoms with van der Waals surface area (Å²) in [6, 6.07) is 5.45. The third-order valence-electron chi connectivity index (χ3n) is 3.44. The van der Waals surface area contributed by atoms with E-state index in [9.17, 15) is 22.0 Å².